The third-order valence-corrected chi connectivity index (χ3v) is 4.71. The standard InChI is InChI=1S/C12H28O5Si/c1-5-16-18(17-6-2)9-7-8-15-11-12(14-4)10-13-3/h12,18H,5-11H2,1-4H3. The lowest BCUT2D eigenvalue weighted by atomic mass is 10.4. The first-order valence-electron chi connectivity index (χ1n) is 6.61. The molecule has 0 aromatic carbocycles. The molecule has 0 aliphatic carbocycles. The molecule has 18 heavy (non-hydrogen) atoms. The molecule has 0 N–H and O–H groups in total. The van der Waals surface area contributed by atoms with Crippen molar-refractivity contribution >= 4 is 9.28 Å². The van der Waals surface area contributed by atoms with Crippen LogP contribution in [0.15, 0.2) is 0 Å². The zero-order valence-corrected chi connectivity index (χ0v) is 13.3. The van der Waals surface area contributed by atoms with Crippen LogP contribution in [0, 0.1) is 0 Å². The van der Waals surface area contributed by atoms with E-state index in [-0.39, 0.29) is 6.10 Å². The zero-order valence-electron chi connectivity index (χ0n) is 12.1. The van der Waals surface area contributed by atoms with Crippen LogP contribution in [0.3, 0.4) is 0 Å². The van der Waals surface area contributed by atoms with E-state index >= 15 is 0 Å². The van der Waals surface area contributed by atoms with Gasteiger partial charge in [-0.25, -0.2) is 0 Å². The highest BCUT2D eigenvalue weighted by molar-refractivity contribution is 6.44. The molecule has 0 aliphatic heterocycles. The molecule has 0 aliphatic rings. The highest BCUT2D eigenvalue weighted by Crippen LogP contribution is 2.03. The highest BCUT2D eigenvalue weighted by Gasteiger charge is 2.12. The van der Waals surface area contributed by atoms with Gasteiger partial charge in [-0.3, -0.25) is 0 Å². The van der Waals surface area contributed by atoms with Gasteiger partial charge in [0.2, 0.25) is 0 Å². The maximum absolute atomic E-state index is 5.59. The van der Waals surface area contributed by atoms with E-state index in [4.69, 9.17) is 23.1 Å². The Kier molecular flexibility index (Phi) is 13.5. The highest BCUT2D eigenvalue weighted by atomic mass is 28.3. The van der Waals surface area contributed by atoms with Crippen molar-refractivity contribution in [3.8, 4) is 0 Å². The van der Waals surface area contributed by atoms with Crippen LogP contribution in [0.4, 0.5) is 0 Å². The molecule has 0 spiro atoms. The minimum Gasteiger partial charge on any atom is -0.397 e. The summed E-state index contributed by atoms with van der Waals surface area (Å²) < 4.78 is 26.9. The van der Waals surface area contributed by atoms with Gasteiger partial charge in [0.1, 0.15) is 6.10 Å². The van der Waals surface area contributed by atoms with Crippen molar-refractivity contribution in [2.24, 2.45) is 0 Å². The topological polar surface area (TPSA) is 46.2 Å². The van der Waals surface area contributed by atoms with Gasteiger partial charge in [0, 0.05) is 34.0 Å². The molecule has 1 unspecified atom stereocenters. The molecular formula is C12H28O5Si. The molecule has 6 heteroatoms. The molecule has 0 heterocycles. The molecular weight excluding hydrogens is 252 g/mol. The number of rotatable bonds is 13. The molecule has 0 aromatic heterocycles. The van der Waals surface area contributed by atoms with Crippen LogP contribution < -0.4 is 0 Å². The number of hydrogen-bond donors (Lipinski definition) is 0. The first-order chi connectivity index (χ1) is 8.78. The summed E-state index contributed by atoms with van der Waals surface area (Å²) in [5, 5.41) is 0. The predicted octanol–water partition coefficient (Wildman–Crippen LogP) is 1.35. The largest absolute Gasteiger partial charge is 0.397 e. The van der Waals surface area contributed by atoms with Crippen molar-refractivity contribution in [3.63, 3.8) is 0 Å². The van der Waals surface area contributed by atoms with Crippen LogP contribution in [0.2, 0.25) is 6.04 Å². The minimum atomic E-state index is -1.46. The second kappa shape index (κ2) is 13.4. The molecule has 1 atom stereocenters. The van der Waals surface area contributed by atoms with E-state index < -0.39 is 9.28 Å². The first-order valence-corrected chi connectivity index (χ1v) is 8.37. The normalized spacial score (nSPS) is 13.2. The first kappa shape index (κ1) is 18.0. The van der Waals surface area contributed by atoms with Gasteiger partial charge >= 0.3 is 9.28 Å². The average molecular weight is 280 g/mol. The molecule has 0 rings (SSSR count). The molecule has 0 radical (unpaired) electrons. The van der Waals surface area contributed by atoms with Gasteiger partial charge in [-0.1, -0.05) is 0 Å². The van der Waals surface area contributed by atoms with E-state index in [0.717, 1.165) is 25.7 Å². The molecule has 0 amide bonds. The van der Waals surface area contributed by atoms with Crippen molar-refractivity contribution in [2.75, 3.05) is 47.3 Å². The van der Waals surface area contributed by atoms with Gasteiger partial charge in [0.05, 0.1) is 13.2 Å². The summed E-state index contributed by atoms with van der Waals surface area (Å²) in [6.07, 6.45) is 0.988. The molecule has 0 saturated carbocycles. The Morgan fingerprint density at radius 1 is 1.00 bits per heavy atom. The van der Waals surface area contributed by atoms with Gasteiger partial charge in [0.25, 0.3) is 0 Å². The van der Waals surface area contributed by atoms with Crippen LogP contribution in [0.1, 0.15) is 20.3 Å². The van der Waals surface area contributed by atoms with Gasteiger partial charge in [-0.05, 0) is 26.3 Å². The Labute approximate surface area is 113 Å². The van der Waals surface area contributed by atoms with Crippen molar-refractivity contribution in [2.45, 2.75) is 32.4 Å². The Bertz CT molecular complexity index is 165. The number of hydrogen-bond acceptors (Lipinski definition) is 5. The predicted molar refractivity (Wildman–Crippen MR) is 73.3 cm³/mol. The summed E-state index contributed by atoms with van der Waals surface area (Å²) in [5.41, 5.74) is 0. The summed E-state index contributed by atoms with van der Waals surface area (Å²) in [4.78, 5) is 0. The van der Waals surface area contributed by atoms with Gasteiger partial charge in [-0.15, -0.1) is 0 Å². The lowest BCUT2D eigenvalue weighted by Gasteiger charge is -2.16. The summed E-state index contributed by atoms with van der Waals surface area (Å²) in [7, 11) is 1.87. The maximum Gasteiger partial charge on any atom is 0.321 e. The Balaban J connectivity index is 3.51. The monoisotopic (exact) mass is 280 g/mol. The fraction of sp³-hybridized carbons (Fsp3) is 1.00. The van der Waals surface area contributed by atoms with Gasteiger partial charge in [0.15, 0.2) is 0 Å². The van der Waals surface area contributed by atoms with E-state index in [1.165, 1.54) is 0 Å². The molecule has 0 saturated heterocycles. The smallest absolute Gasteiger partial charge is 0.321 e. The van der Waals surface area contributed by atoms with Gasteiger partial charge in [-0.2, -0.15) is 0 Å². The van der Waals surface area contributed by atoms with E-state index in [9.17, 15) is 0 Å². The van der Waals surface area contributed by atoms with E-state index in [2.05, 4.69) is 0 Å². The van der Waals surface area contributed by atoms with Crippen LogP contribution in [0.25, 0.3) is 0 Å². The molecule has 0 aromatic rings. The third kappa shape index (κ3) is 9.99. The SMILES string of the molecule is CCO[SiH](CCCOCC(COC)OC)OCC. The molecule has 0 fully saturated rings. The summed E-state index contributed by atoms with van der Waals surface area (Å²) in [6.45, 7) is 7.32. The van der Waals surface area contributed by atoms with Crippen LogP contribution in [0.5, 0.6) is 0 Å². The van der Waals surface area contributed by atoms with Crippen LogP contribution in [-0.2, 0) is 23.1 Å². The lowest BCUT2D eigenvalue weighted by molar-refractivity contribution is -0.0303. The maximum atomic E-state index is 5.59. The Hall–Kier alpha value is 0.0169. The van der Waals surface area contributed by atoms with Crippen molar-refractivity contribution < 1.29 is 23.1 Å². The van der Waals surface area contributed by atoms with Gasteiger partial charge < -0.3 is 23.1 Å². The van der Waals surface area contributed by atoms with Crippen LogP contribution >= 0.6 is 0 Å². The number of methoxy groups -OCH3 is 2. The Morgan fingerprint density at radius 3 is 2.17 bits per heavy atom. The molecule has 110 valence electrons. The van der Waals surface area contributed by atoms with E-state index in [0.29, 0.717) is 19.8 Å². The van der Waals surface area contributed by atoms with Crippen molar-refractivity contribution in [3.05, 3.63) is 0 Å². The fourth-order valence-corrected chi connectivity index (χ4v) is 3.20. The lowest BCUT2D eigenvalue weighted by Crippen LogP contribution is -2.25. The third-order valence-electron chi connectivity index (χ3n) is 2.42. The van der Waals surface area contributed by atoms with Crippen molar-refractivity contribution in [1.29, 1.82) is 0 Å². The summed E-state index contributed by atoms with van der Waals surface area (Å²) in [6, 6.07) is 0.990. The zero-order chi connectivity index (χ0) is 13.6. The van der Waals surface area contributed by atoms with Crippen LogP contribution in [-0.4, -0.2) is 62.6 Å². The number of ether oxygens (including phenoxy) is 3. The fourth-order valence-electron chi connectivity index (χ4n) is 1.52. The molecule has 0 bridgehead atoms. The second-order valence-corrected chi connectivity index (χ2v) is 5.97. The second-order valence-electron chi connectivity index (χ2n) is 3.87. The Morgan fingerprint density at radius 2 is 1.67 bits per heavy atom. The average Bonchev–Trinajstić information content (AvgIpc) is 2.37. The van der Waals surface area contributed by atoms with Crippen molar-refractivity contribution in [1.82, 2.24) is 0 Å². The summed E-state index contributed by atoms with van der Waals surface area (Å²) in [5.74, 6) is 0. The van der Waals surface area contributed by atoms with E-state index in [1.807, 2.05) is 13.8 Å². The van der Waals surface area contributed by atoms with E-state index in [1.54, 1.807) is 14.2 Å². The summed E-state index contributed by atoms with van der Waals surface area (Å²) >= 11 is 0. The quantitative estimate of drug-likeness (QED) is 0.376. The molecule has 5 nitrogen and oxygen atoms in total. The minimum absolute atomic E-state index is 0.0156.